The molecule has 18 heavy (non-hydrogen) atoms. The summed E-state index contributed by atoms with van der Waals surface area (Å²) in [6.45, 7) is 9.97. The zero-order chi connectivity index (χ0) is 12.8. The zero-order valence-corrected chi connectivity index (χ0v) is 12.5. The molecule has 2 aliphatic rings. The van der Waals surface area contributed by atoms with Crippen molar-refractivity contribution in [2.75, 3.05) is 26.2 Å². The number of rotatable bonds is 6. The van der Waals surface area contributed by atoms with Crippen molar-refractivity contribution >= 4 is 0 Å². The highest BCUT2D eigenvalue weighted by Crippen LogP contribution is 2.30. The molecular formula is C16H32N2. The SMILES string of the molecule is CCCCN1CCN(CCCC)[C@H]2CCCC[C@@H]21. The highest BCUT2D eigenvalue weighted by Gasteiger charge is 2.36. The highest BCUT2D eigenvalue weighted by molar-refractivity contribution is 4.94. The van der Waals surface area contributed by atoms with Crippen LogP contribution in [0.1, 0.15) is 65.2 Å². The first-order valence-electron chi connectivity index (χ1n) is 8.35. The molecule has 1 saturated carbocycles. The molecule has 0 bridgehead atoms. The van der Waals surface area contributed by atoms with Crippen LogP contribution in [0.15, 0.2) is 0 Å². The van der Waals surface area contributed by atoms with E-state index in [0.717, 1.165) is 12.1 Å². The lowest BCUT2D eigenvalue weighted by Gasteiger charge is -2.50. The van der Waals surface area contributed by atoms with Crippen LogP contribution < -0.4 is 0 Å². The molecule has 0 aromatic heterocycles. The molecule has 106 valence electrons. The normalized spacial score (nSPS) is 30.3. The van der Waals surface area contributed by atoms with Crippen molar-refractivity contribution in [3.8, 4) is 0 Å². The van der Waals surface area contributed by atoms with Crippen LogP contribution in [-0.2, 0) is 0 Å². The molecule has 0 N–H and O–H groups in total. The Hall–Kier alpha value is -0.0800. The zero-order valence-electron chi connectivity index (χ0n) is 12.5. The van der Waals surface area contributed by atoms with Gasteiger partial charge in [0.25, 0.3) is 0 Å². The third kappa shape index (κ3) is 3.48. The van der Waals surface area contributed by atoms with E-state index in [0.29, 0.717) is 0 Å². The molecule has 2 nitrogen and oxygen atoms in total. The molecule has 0 amide bonds. The molecule has 1 aliphatic heterocycles. The lowest BCUT2D eigenvalue weighted by Crippen LogP contribution is -2.60. The summed E-state index contributed by atoms with van der Waals surface area (Å²) in [5.74, 6) is 0. The Labute approximate surface area is 114 Å². The van der Waals surface area contributed by atoms with Gasteiger partial charge in [-0.05, 0) is 38.8 Å². The Kier molecular flexibility index (Phi) is 5.97. The van der Waals surface area contributed by atoms with E-state index in [4.69, 9.17) is 0 Å². The number of piperazine rings is 1. The topological polar surface area (TPSA) is 6.48 Å². The van der Waals surface area contributed by atoms with Crippen molar-refractivity contribution < 1.29 is 0 Å². The Morgan fingerprint density at radius 2 is 1.22 bits per heavy atom. The lowest BCUT2D eigenvalue weighted by atomic mass is 9.86. The summed E-state index contributed by atoms with van der Waals surface area (Å²) < 4.78 is 0. The third-order valence-electron chi connectivity index (χ3n) is 4.90. The Bertz CT molecular complexity index is 205. The van der Waals surface area contributed by atoms with Crippen LogP contribution in [0.5, 0.6) is 0 Å². The standard InChI is InChI=1S/C16H32N2/c1-3-5-11-17-13-14-18(12-6-4-2)16-10-8-7-9-15(16)17/h15-16H,3-14H2,1-2H3/t15-,16-/m0/s1. The second kappa shape index (κ2) is 7.49. The number of hydrogen-bond donors (Lipinski definition) is 0. The maximum atomic E-state index is 2.82. The first-order chi connectivity index (χ1) is 8.86. The van der Waals surface area contributed by atoms with Gasteiger partial charge in [-0.2, -0.15) is 0 Å². The van der Waals surface area contributed by atoms with Gasteiger partial charge >= 0.3 is 0 Å². The fourth-order valence-electron chi connectivity index (χ4n) is 3.81. The van der Waals surface area contributed by atoms with Crippen LogP contribution in [0.2, 0.25) is 0 Å². The van der Waals surface area contributed by atoms with Gasteiger partial charge in [0.15, 0.2) is 0 Å². The monoisotopic (exact) mass is 252 g/mol. The van der Waals surface area contributed by atoms with Gasteiger partial charge in [0, 0.05) is 25.2 Å². The Balaban J connectivity index is 1.92. The molecule has 1 saturated heterocycles. The smallest absolute Gasteiger partial charge is 0.0252 e. The maximum absolute atomic E-state index is 2.82. The van der Waals surface area contributed by atoms with Gasteiger partial charge in [-0.3, -0.25) is 9.80 Å². The van der Waals surface area contributed by atoms with Gasteiger partial charge in [0.2, 0.25) is 0 Å². The maximum Gasteiger partial charge on any atom is 0.0252 e. The van der Waals surface area contributed by atoms with E-state index in [2.05, 4.69) is 23.6 Å². The summed E-state index contributed by atoms with van der Waals surface area (Å²) in [5.41, 5.74) is 0. The van der Waals surface area contributed by atoms with E-state index in [9.17, 15) is 0 Å². The summed E-state index contributed by atoms with van der Waals surface area (Å²) in [6, 6.07) is 1.77. The second-order valence-corrected chi connectivity index (χ2v) is 6.20. The fraction of sp³-hybridized carbons (Fsp3) is 1.00. The molecule has 0 unspecified atom stereocenters. The number of hydrogen-bond acceptors (Lipinski definition) is 2. The predicted molar refractivity (Wildman–Crippen MR) is 79.0 cm³/mol. The third-order valence-corrected chi connectivity index (χ3v) is 4.90. The van der Waals surface area contributed by atoms with Gasteiger partial charge in [0.05, 0.1) is 0 Å². The molecule has 2 heteroatoms. The van der Waals surface area contributed by atoms with Crippen molar-refractivity contribution in [1.82, 2.24) is 9.80 Å². The van der Waals surface area contributed by atoms with Crippen LogP contribution in [0, 0.1) is 0 Å². The van der Waals surface area contributed by atoms with Crippen LogP contribution in [-0.4, -0.2) is 48.1 Å². The summed E-state index contributed by atoms with van der Waals surface area (Å²) in [7, 11) is 0. The van der Waals surface area contributed by atoms with Crippen LogP contribution >= 0.6 is 0 Å². The van der Waals surface area contributed by atoms with E-state index in [-0.39, 0.29) is 0 Å². The average molecular weight is 252 g/mol. The van der Waals surface area contributed by atoms with Crippen molar-refractivity contribution in [2.45, 2.75) is 77.3 Å². The minimum absolute atomic E-state index is 0.885. The average Bonchev–Trinajstić information content (AvgIpc) is 2.43. The van der Waals surface area contributed by atoms with Crippen LogP contribution in [0.4, 0.5) is 0 Å². The van der Waals surface area contributed by atoms with Crippen LogP contribution in [0.3, 0.4) is 0 Å². The van der Waals surface area contributed by atoms with E-state index in [1.54, 1.807) is 0 Å². The molecule has 0 radical (unpaired) electrons. The first kappa shape index (κ1) is 14.3. The van der Waals surface area contributed by atoms with Crippen molar-refractivity contribution in [2.24, 2.45) is 0 Å². The summed E-state index contributed by atoms with van der Waals surface area (Å²) in [5, 5.41) is 0. The molecule has 2 atom stereocenters. The van der Waals surface area contributed by atoms with E-state index >= 15 is 0 Å². The number of fused-ring (bicyclic) bond motifs is 1. The lowest BCUT2D eigenvalue weighted by molar-refractivity contribution is -0.00504. The summed E-state index contributed by atoms with van der Waals surface area (Å²) in [4.78, 5) is 5.63. The van der Waals surface area contributed by atoms with Crippen molar-refractivity contribution in [3.63, 3.8) is 0 Å². The minimum Gasteiger partial charge on any atom is -0.298 e. The molecule has 0 aromatic rings. The van der Waals surface area contributed by atoms with E-state index in [1.807, 2.05) is 0 Å². The molecule has 0 aromatic carbocycles. The second-order valence-electron chi connectivity index (χ2n) is 6.20. The Morgan fingerprint density at radius 1 is 0.778 bits per heavy atom. The quantitative estimate of drug-likeness (QED) is 0.714. The first-order valence-corrected chi connectivity index (χ1v) is 8.35. The van der Waals surface area contributed by atoms with Gasteiger partial charge in [-0.1, -0.05) is 39.5 Å². The molecule has 2 fully saturated rings. The molecule has 0 spiro atoms. The summed E-state index contributed by atoms with van der Waals surface area (Å²) >= 11 is 0. The molecule has 2 rings (SSSR count). The van der Waals surface area contributed by atoms with Gasteiger partial charge < -0.3 is 0 Å². The van der Waals surface area contributed by atoms with E-state index in [1.165, 1.54) is 77.5 Å². The minimum atomic E-state index is 0.885. The van der Waals surface area contributed by atoms with Gasteiger partial charge in [-0.25, -0.2) is 0 Å². The van der Waals surface area contributed by atoms with Crippen molar-refractivity contribution in [3.05, 3.63) is 0 Å². The Morgan fingerprint density at radius 3 is 1.61 bits per heavy atom. The van der Waals surface area contributed by atoms with E-state index < -0.39 is 0 Å². The van der Waals surface area contributed by atoms with Crippen LogP contribution in [0.25, 0.3) is 0 Å². The summed E-state index contributed by atoms with van der Waals surface area (Å²) in [6.07, 6.45) is 11.3. The highest BCUT2D eigenvalue weighted by atomic mass is 15.3. The van der Waals surface area contributed by atoms with Gasteiger partial charge in [-0.15, -0.1) is 0 Å². The van der Waals surface area contributed by atoms with Gasteiger partial charge in [0.1, 0.15) is 0 Å². The largest absolute Gasteiger partial charge is 0.298 e. The number of nitrogens with zero attached hydrogens (tertiary/aromatic N) is 2. The molecule has 1 aliphatic carbocycles. The fourth-order valence-corrected chi connectivity index (χ4v) is 3.81. The molecule has 1 heterocycles. The van der Waals surface area contributed by atoms with Crippen molar-refractivity contribution in [1.29, 1.82) is 0 Å². The predicted octanol–water partition coefficient (Wildman–Crippen LogP) is 3.52. The number of unbranched alkanes of at least 4 members (excludes halogenated alkanes) is 2. The molecular weight excluding hydrogens is 220 g/mol.